The molecule has 1 atom stereocenters. The fourth-order valence-corrected chi connectivity index (χ4v) is 4.03. The Kier molecular flexibility index (Phi) is 6.81. The van der Waals surface area contributed by atoms with Crippen molar-refractivity contribution >= 4 is 17.3 Å². The summed E-state index contributed by atoms with van der Waals surface area (Å²) in [5.41, 5.74) is -3.18. The zero-order valence-electron chi connectivity index (χ0n) is 19.3. The number of hydrogen-bond acceptors (Lipinski definition) is 5. The maximum Gasteiger partial charge on any atom is 0.417 e. The van der Waals surface area contributed by atoms with Crippen LogP contribution in [0.1, 0.15) is 22.8 Å². The highest BCUT2D eigenvalue weighted by atomic mass is 19.4. The first-order chi connectivity index (χ1) is 16.9. The molecule has 12 heteroatoms. The lowest BCUT2D eigenvalue weighted by molar-refractivity contribution is -0.138. The molecule has 2 N–H and O–H groups in total. The molecule has 1 aliphatic rings. The van der Waals surface area contributed by atoms with Gasteiger partial charge in [0.15, 0.2) is 0 Å². The Morgan fingerprint density at radius 2 is 1.92 bits per heavy atom. The van der Waals surface area contributed by atoms with Crippen LogP contribution in [0.3, 0.4) is 0 Å². The lowest BCUT2D eigenvalue weighted by Gasteiger charge is -2.39. The van der Waals surface area contributed by atoms with Gasteiger partial charge >= 0.3 is 6.18 Å². The van der Waals surface area contributed by atoms with Crippen molar-refractivity contribution in [3.8, 4) is 11.3 Å². The van der Waals surface area contributed by atoms with Crippen LogP contribution in [0.4, 0.5) is 33.3 Å². The van der Waals surface area contributed by atoms with E-state index in [4.69, 9.17) is 0 Å². The summed E-state index contributed by atoms with van der Waals surface area (Å²) >= 11 is 0. The third kappa shape index (κ3) is 5.23. The number of benzene rings is 1. The molecule has 1 saturated heterocycles. The summed E-state index contributed by atoms with van der Waals surface area (Å²) in [7, 11) is 1.93. The fraction of sp³-hybridized carbons (Fsp3) is 0.292. The summed E-state index contributed by atoms with van der Waals surface area (Å²) in [6.07, 6.45) is -4.28. The van der Waals surface area contributed by atoms with Gasteiger partial charge in [-0.25, -0.2) is 9.37 Å². The van der Waals surface area contributed by atoms with E-state index >= 15 is 4.39 Å². The van der Waals surface area contributed by atoms with E-state index in [1.807, 2.05) is 18.9 Å². The highest BCUT2D eigenvalue weighted by Crippen LogP contribution is 2.36. The summed E-state index contributed by atoms with van der Waals surface area (Å²) in [4.78, 5) is 34.1. The smallest absolute Gasteiger partial charge is 0.367 e. The molecule has 3 heterocycles. The Morgan fingerprint density at radius 1 is 1.17 bits per heavy atom. The van der Waals surface area contributed by atoms with E-state index in [1.54, 1.807) is 0 Å². The van der Waals surface area contributed by atoms with Gasteiger partial charge in [-0.05, 0) is 38.2 Å². The van der Waals surface area contributed by atoms with Gasteiger partial charge in [0.25, 0.3) is 5.91 Å². The van der Waals surface area contributed by atoms with E-state index in [-0.39, 0.29) is 28.7 Å². The van der Waals surface area contributed by atoms with E-state index < -0.39 is 40.5 Å². The predicted octanol–water partition coefficient (Wildman–Crippen LogP) is 4.13. The number of pyridine rings is 2. The molecule has 1 aromatic carbocycles. The second-order valence-corrected chi connectivity index (χ2v) is 8.55. The van der Waals surface area contributed by atoms with Gasteiger partial charge < -0.3 is 20.1 Å². The van der Waals surface area contributed by atoms with Gasteiger partial charge in [-0.2, -0.15) is 17.6 Å². The van der Waals surface area contributed by atoms with E-state index in [1.165, 1.54) is 18.2 Å². The summed E-state index contributed by atoms with van der Waals surface area (Å²) in [6.45, 7) is 3.51. The predicted molar refractivity (Wildman–Crippen MR) is 124 cm³/mol. The number of rotatable bonds is 4. The van der Waals surface area contributed by atoms with Crippen molar-refractivity contribution in [1.29, 1.82) is 0 Å². The molecular weight excluding hydrogens is 485 g/mol. The molecule has 1 aliphatic heterocycles. The van der Waals surface area contributed by atoms with Crippen LogP contribution < -0.4 is 15.8 Å². The number of aromatic amines is 1. The molecule has 4 rings (SSSR count). The second kappa shape index (κ2) is 9.69. The van der Waals surface area contributed by atoms with Crippen LogP contribution in [-0.2, 0) is 6.18 Å². The summed E-state index contributed by atoms with van der Waals surface area (Å²) in [5.74, 6) is -2.75. The van der Waals surface area contributed by atoms with Crippen LogP contribution in [0.25, 0.3) is 11.3 Å². The number of likely N-dealkylation sites (N-methyl/N-ethyl adjacent to an activating group) is 1. The Morgan fingerprint density at radius 3 is 2.58 bits per heavy atom. The van der Waals surface area contributed by atoms with E-state index in [0.717, 1.165) is 12.1 Å². The average molecular weight is 507 g/mol. The first-order valence-electron chi connectivity index (χ1n) is 11.0. The summed E-state index contributed by atoms with van der Waals surface area (Å²) in [5, 5.41) is 2.43. The Labute approximate surface area is 202 Å². The lowest BCUT2D eigenvalue weighted by Crippen LogP contribution is -2.50. The molecule has 190 valence electrons. The first kappa shape index (κ1) is 25.3. The van der Waals surface area contributed by atoms with Crippen LogP contribution in [0.15, 0.2) is 47.4 Å². The van der Waals surface area contributed by atoms with Gasteiger partial charge in [0.05, 0.1) is 28.2 Å². The van der Waals surface area contributed by atoms with Crippen LogP contribution in [0.2, 0.25) is 0 Å². The van der Waals surface area contributed by atoms with Crippen molar-refractivity contribution in [2.24, 2.45) is 0 Å². The number of amides is 1. The first-order valence-corrected chi connectivity index (χ1v) is 11.0. The Balaban J connectivity index is 1.81. The molecule has 36 heavy (non-hydrogen) atoms. The minimum Gasteiger partial charge on any atom is -0.367 e. The van der Waals surface area contributed by atoms with Crippen molar-refractivity contribution in [3.05, 3.63) is 75.8 Å². The number of H-pyrrole nitrogens is 1. The molecule has 0 bridgehead atoms. The lowest BCUT2D eigenvalue weighted by atomic mass is 10.0. The molecule has 0 spiro atoms. The number of aromatic nitrogens is 2. The van der Waals surface area contributed by atoms with Gasteiger partial charge in [0, 0.05) is 43.5 Å². The number of nitrogens with zero attached hydrogens (tertiary/aromatic N) is 3. The van der Waals surface area contributed by atoms with Gasteiger partial charge in [-0.3, -0.25) is 9.59 Å². The monoisotopic (exact) mass is 507 g/mol. The number of anilines is 2. The summed E-state index contributed by atoms with van der Waals surface area (Å²) in [6, 6.07) is 6.52. The highest BCUT2D eigenvalue weighted by molar-refractivity contribution is 6.07. The molecule has 7 nitrogen and oxygen atoms in total. The zero-order chi connectivity index (χ0) is 26.2. The zero-order valence-corrected chi connectivity index (χ0v) is 19.3. The number of nitrogens with one attached hydrogen (secondary N) is 2. The number of carbonyl (C=O) groups excluding carboxylic acids is 1. The van der Waals surface area contributed by atoms with Crippen molar-refractivity contribution in [1.82, 2.24) is 14.9 Å². The number of hydrogen-bond donors (Lipinski definition) is 2. The maximum atomic E-state index is 15.2. The standard InChI is InChI=1S/C24H22F5N5O2/c1-13-12-34(7-6-33(13)2)20-10-17(25)14(18-4-3-5-21(26)31-18)8-19(20)32-23(36)15-11-30-22(35)9-16(15)24(27,28)29/h3-5,8-11,13H,6-7,12H2,1-2H3,(H,30,35)(H,32,36)/t13-/m1/s1. The molecular formula is C24H22F5N5O2. The third-order valence-corrected chi connectivity index (χ3v) is 6.10. The third-order valence-electron chi connectivity index (χ3n) is 6.10. The van der Waals surface area contributed by atoms with Crippen molar-refractivity contribution in [2.45, 2.75) is 19.1 Å². The minimum atomic E-state index is -4.96. The highest BCUT2D eigenvalue weighted by Gasteiger charge is 2.36. The van der Waals surface area contributed by atoms with E-state index in [9.17, 15) is 27.2 Å². The molecule has 0 unspecified atom stereocenters. The average Bonchev–Trinajstić information content (AvgIpc) is 2.81. The second-order valence-electron chi connectivity index (χ2n) is 8.55. The molecule has 1 amide bonds. The quantitative estimate of drug-likeness (QED) is 0.410. The normalized spacial score (nSPS) is 16.8. The van der Waals surface area contributed by atoms with Crippen LogP contribution >= 0.6 is 0 Å². The minimum absolute atomic E-state index is 0.0125. The van der Waals surface area contributed by atoms with Gasteiger partial charge in [0.1, 0.15) is 5.82 Å². The Bertz CT molecular complexity index is 1360. The van der Waals surface area contributed by atoms with Crippen molar-refractivity contribution in [3.63, 3.8) is 0 Å². The molecule has 0 saturated carbocycles. The van der Waals surface area contributed by atoms with E-state index in [2.05, 4.69) is 20.2 Å². The molecule has 0 aliphatic carbocycles. The summed E-state index contributed by atoms with van der Waals surface area (Å²) < 4.78 is 69.4. The van der Waals surface area contributed by atoms with Gasteiger partial charge in [0.2, 0.25) is 11.5 Å². The van der Waals surface area contributed by atoms with E-state index in [0.29, 0.717) is 31.9 Å². The fourth-order valence-electron chi connectivity index (χ4n) is 4.03. The van der Waals surface area contributed by atoms with Crippen LogP contribution in [0.5, 0.6) is 0 Å². The topological polar surface area (TPSA) is 81.3 Å². The Hall–Kier alpha value is -3.80. The van der Waals surface area contributed by atoms with Gasteiger partial charge in [-0.1, -0.05) is 6.07 Å². The van der Waals surface area contributed by atoms with Crippen molar-refractivity contribution in [2.75, 3.05) is 36.9 Å². The maximum absolute atomic E-state index is 15.2. The number of halogens is 5. The SMILES string of the molecule is C[C@@H]1CN(c2cc(F)c(-c3cccc(F)n3)cc2NC(=O)c2c[nH]c(=O)cc2C(F)(F)F)CCN1C. The molecule has 2 aromatic heterocycles. The van der Waals surface area contributed by atoms with Gasteiger partial charge in [-0.15, -0.1) is 0 Å². The molecule has 3 aromatic rings. The number of carbonyl (C=O) groups is 1. The number of alkyl halides is 3. The number of piperazine rings is 1. The largest absolute Gasteiger partial charge is 0.417 e. The molecule has 0 radical (unpaired) electrons. The van der Waals surface area contributed by atoms with Crippen LogP contribution in [-0.4, -0.2) is 53.5 Å². The van der Waals surface area contributed by atoms with Crippen LogP contribution in [0, 0.1) is 11.8 Å². The van der Waals surface area contributed by atoms with Crippen molar-refractivity contribution < 1.29 is 26.7 Å². The molecule has 1 fully saturated rings.